The molecule has 0 bridgehead atoms. The number of carbonyl (C=O) groups is 4. The zero-order chi connectivity index (χ0) is 42.9. The number of aryl methyl sites for hydroxylation is 2. The summed E-state index contributed by atoms with van der Waals surface area (Å²) < 4.78 is 22.8. The fourth-order valence-corrected chi connectivity index (χ4v) is 7.24. The first-order valence-corrected chi connectivity index (χ1v) is 21.1. The smallest absolute Gasteiger partial charge is 0.417 e. The molecule has 0 aliphatic heterocycles. The Morgan fingerprint density at radius 3 is 1.06 bits per heavy atom. The van der Waals surface area contributed by atoms with Gasteiger partial charge in [0.15, 0.2) is 0 Å². The minimum atomic E-state index is -0.913. The second-order valence-corrected chi connectivity index (χ2v) is 15.3. The minimum absolute atomic E-state index is 0.194. The highest BCUT2D eigenvalue weighted by Crippen LogP contribution is 2.37. The Balaban J connectivity index is 0.961. The lowest BCUT2D eigenvalue weighted by Crippen LogP contribution is -2.44. The Bertz CT molecular complexity index is 2170. The largest absolute Gasteiger partial charge is 0.457 e. The van der Waals surface area contributed by atoms with Gasteiger partial charge in [0.05, 0.1) is 11.8 Å². The van der Waals surface area contributed by atoms with Gasteiger partial charge in [0.1, 0.15) is 23.0 Å². The SMILES string of the molecule is O=C(OC(=O)N(CCCc1ccccc1)Cc1ccc(Oc2ccccc2)cc1)C1CCC1C(=O)OC(=O)N(CCCc1ccccc1)Cc1ccc(Oc2ccccc2)cc1. The quantitative estimate of drug-likeness (QED) is 0.0622. The average Bonchev–Trinajstić information content (AvgIpc) is 3.28. The van der Waals surface area contributed by atoms with Crippen molar-refractivity contribution >= 4 is 24.1 Å². The van der Waals surface area contributed by atoms with E-state index in [1.165, 1.54) is 9.80 Å². The van der Waals surface area contributed by atoms with Crippen molar-refractivity contribution < 1.29 is 38.1 Å². The van der Waals surface area contributed by atoms with E-state index in [1.54, 1.807) is 0 Å². The van der Waals surface area contributed by atoms with Crippen LogP contribution >= 0.6 is 0 Å². The Morgan fingerprint density at radius 2 is 0.726 bits per heavy atom. The molecule has 0 radical (unpaired) electrons. The molecule has 2 unspecified atom stereocenters. The van der Waals surface area contributed by atoms with Crippen molar-refractivity contribution in [3.05, 3.63) is 192 Å². The van der Waals surface area contributed by atoms with Crippen molar-refractivity contribution in [1.82, 2.24) is 9.80 Å². The van der Waals surface area contributed by atoms with Crippen molar-refractivity contribution in [2.45, 2.75) is 51.6 Å². The van der Waals surface area contributed by atoms with Crippen LogP contribution in [0.25, 0.3) is 0 Å². The molecule has 0 saturated heterocycles. The van der Waals surface area contributed by atoms with E-state index >= 15 is 0 Å². The third-order valence-corrected chi connectivity index (χ3v) is 10.8. The van der Waals surface area contributed by atoms with Gasteiger partial charge in [0.2, 0.25) is 0 Å². The Hall–Kier alpha value is -7.20. The lowest BCUT2D eigenvalue weighted by Gasteiger charge is -2.33. The summed E-state index contributed by atoms with van der Waals surface area (Å²) in [6.07, 6.45) is 1.78. The number of rotatable bonds is 18. The number of para-hydroxylation sites is 2. The van der Waals surface area contributed by atoms with Gasteiger partial charge in [-0.1, -0.05) is 121 Å². The van der Waals surface area contributed by atoms with E-state index in [1.807, 2.05) is 170 Å². The summed E-state index contributed by atoms with van der Waals surface area (Å²) in [5, 5.41) is 0. The van der Waals surface area contributed by atoms with Gasteiger partial charge in [0.25, 0.3) is 0 Å². The normalized spacial score (nSPS) is 14.1. The van der Waals surface area contributed by atoms with Crippen molar-refractivity contribution in [3.8, 4) is 23.0 Å². The molecular formula is C52H50N2O8. The fraction of sp³-hybridized carbons (Fsp3) is 0.231. The van der Waals surface area contributed by atoms with Crippen LogP contribution in [0, 0.1) is 11.8 Å². The van der Waals surface area contributed by atoms with Crippen LogP contribution in [0.5, 0.6) is 23.0 Å². The van der Waals surface area contributed by atoms with Crippen LogP contribution in [0.15, 0.2) is 170 Å². The second-order valence-electron chi connectivity index (χ2n) is 15.3. The van der Waals surface area contributed by atoms with Crippen LogP contribution in [-0.2, 0) is 45.0 Å². The first-order chi connectivity index (χ1) is 30.4. The average molecular weight is 831 g/mol. The lowest BCUT2D eigenvalue weighted by atomic mass is 9.74. The molecule has 2 amide bonds. The van der Waals surface area contributed by atoms with Crippen LogP contribution < -0.4 is 9.47 Å². The van der Waals surface area contributed by atoms with Crippen LogP contribution in [0.4, 0.5) is 9.59 Å². The third-order valence-electron chi connectivity index (χ3n) is 10.8. The van der Waals surface area contributed by atoms with Crippen LogP contribution in [0.1, 0.15) is 47.9 Å². The molecule has 7 rings (SSSR count). The second kappa shape index (κ2) is 21.9. The number of nitrogens with zero attached hydrogens (tertiary/aromatic N) is 2. The summed E-state index contributed by atoms with van der Waals surface area (Å²) in [5.74, 6) is -0.741. The molecule has 6 aromatic rings. The maximum Gasteiger partial charge on any atom is 0.417 e. The van der Waals surface area contributed by atoms with E-state index in [4.69, 9.17) is 18.9 Å². The van der Waals surface area contributed by atoms with Gasteiger partial charge in [-0.05, 0) is 109 Å². The zero-order valence-corrected chi connectivity index (χ0v) is 34.6. The van der Waals surface area contributed by atoms with Gasteiger partial charge in [-0.15, -0.1) is 0 Å². The Kier molecular flexibility index (Phi) is 15.1. The number of hydrogen-bond donors (Lipinski definition) is 0. The first kappa shape index (κ1) is 42.9. The van der Waals surface area contributed by atoms with E-state index in [-0.39, 0.29) is 13.1 Å². The van der Waals surface area contributed by atoms with E-state index < -0.39 is 36.0 Å². The summed E-state index contributed by atoms with van der Waals surface area (Å²) >= 11 is 0. The topological polar surface area (TPSA) is 112 Å². The number of hydrogen-bond acceptors (Lipinski definition) is 8. The van der Waals surface area contributed by atoms with Gasteiger partial charge in [0, 0.05) is 26.2 Å². The molecule has 1 aliphatic carbocycles. The lowest BCUT2D eigenvalue weighted by molar-refractivity contribution is -0.161. The minimum Gasteiger partial charge on any atom is -0.457 e. The molecule has 316 valence electrons. The van der Waals surface area contributed by atoms with Gasteiger partial charge in [-0.2, -0.15) is 0 Å². The Morgan fingerprint density at radius 1 is 0.403 bits per heavy atom. The molecule has 1 saturated carbocycles. The van der Waals surface area contributed by atoms with Crippen LogP contribution in [0.3, 0.4) is 0 Å². The van der Waals surface area contributed by atoms with E-state index in [9.17, 15) is 19.2 Å². The predicted octanol–water partition coefficient (Wildman–Crippen LogP) is 11.2. The molecular weight excluding hydrogens is 781 g/mol. The van der Waals surface area contributed by atoms with Crippen molar-refractivity contribution in [2.24, 2.45) is 11.8 Å². The highest BCUT2D eigenvalue weighted by molar-refractivity contribution is 5.93. The molecule has 1 aliphatic rings. The summed E-state index contributed by atoms with van der Waals surface area (Å²) in [6.45, 7) is 1.05. The molecule has 0 N–H and O–H groups in total. The summed E-state index contributed by atoms with van der Waals surface area (Å²) in [4.78, 5) is 57.3. The predicted molar refractivity (Wildman–Crippen MR) is 235 cm³/mol. The Labute approximate surface area is 362 Å². The standard InChI is InChI=1S/C52H50N2O8/c55-49(61-51(57)53(35-13-19-39-15-5-1-6-16-39)37-41-25-29-45(30-26-41)59-43-21-9-3-10-22-43)47-33-34-48(47)50(56)62-52(58)54(36-14-20-40-17-7-2-8-18-40)38-42-27-31-46(32-28-42)60-44-23-11-4-12-24-44/h1-12,15-18,21-32,47-48H,13-14,19-20,33-38H2. The van der Waals surface area contributed by atoms with Crippen molar-refractivity contribution in [3.63, 3.8) is 0 Å². The van der Waals surface area contributed by atoms with Gasteiger partial charge in [-0.25, -0.2) is 9.59 Å². The summed E-state index contributed by atoms with van der Waals surface area (Å²) in [6, 6.07) is 53.6. The summed E-state index contributed by atoms with van der Waals surface area (Å²) in [5.41, 5.74) is 3.90. The van der Waals surface area contributed by atoms with Crippen molar-refractivity contribution in [2.75, 3.05) is 13.1 Å². The molecule has 10 nitrogen and oxygen atoms in total. The molecule has 0 heterocycles. The number of carbonyl (C=O) groups excluding carboxylic acids is 4. The first-order valence-electron chi connectivity index (χ1n) is 21.1. The molecule has 62 heavy (non-hydrogen) atoms. The highest BCUT2D eigenvalue weighted by atomic mass is 16.6. The molecule has 6 aromatic carbocycles. The van der Waals surface area contributed by atoms with E-state index in [0.29, 0.717) is 61.8 Å². The van der Waals surface area contributed by atoms with E-state index in [0.717, 1.165) is 35.1 Å². The molecule has 10 heteroatoms. The highest BCUT2D eigenvalue weighted by Gasteiger charge is 2.45. The number of ether oxygens (including phenoxy) is 4. The number of benzene rings is 6. The maximum absolute atomic E-state index is 13.7. The van der Waals surface area contributed by atoms with Crippen molar-refractivity contribution in [1.29, 1.82) is 0 Å². The van der Waals surface area contributed by atoms with Crippen LogP contribution in [-0.4, -0.2) is 47.0 Å². The fourth-order valence-electron chi connectivity index (χ4n) is 7.24. The molecule has 0 aromatic heterocycles. The number of esters is 2. The van der Waals surface area contributed by atoms with Gasteiger partial charge >= 0.3 is 24.1 Å². The van der Waals surface area contributed by atoms with Gasteiger partial charge in [-0.3, -0.25) is 9.59 Å². The number of amides is 2. The summed E-state index contributed by atoms with van der Waals surface area (Å²) in [7, 11) is 0. The molecule has 2 atom stereocenters. The van der Waals surface area contributed by atoms with Crippen LogP contribution in [0.2, 0.25) is 0 Å². The van der Waals surface area contributed by atoms with Gasteiger partial charge < -0.3 is 28.7 Å². The monoisotopic (exact) mass is 830 g/mol. The molecule has 0 spiro atoms. The molecule has 1 fully saturated rings. The third kappa shape index (κ3) is 12.7. The zero-order valence-electron chi connectivity index (χ0n) is 34.6. The van der Waals surface area contributed by atoms with E-state index in [2.05, 4.69) is 0 Å². The maximum atomic E-state index is 13.7.